The van der Waals surface area contributed by atoms with E-state index in [0.717, 1.165) is 5.92 Å². The van der Waals surface area contributed by atoms with Crippen LogP contribution in [0.4, 0.5) is 0 Å². The predicted molar refractivity (Wildman–Crippen MR) is 99.1 cm³/mol. The van der Waals surface area contributed by atoms with Crippen LogP contribution in [-0.2, 0) is 4.43 Å². The molecule has 0 amide bonds. The van der Waals surface area contributed by atoms with E-state index >= 15 is 0 Å². The van der Waals surface area contributed by atoms with Crippen molar-refractivity contribution in [1.29, 1.82) is 0 Å². The summed E-state index contributed by atoms with van der Waals surface area (Å²) in [5.41, 5.74) is 0.464. The molecule has 0 bridgehead atoms. The van der Waals surface area contributed by atoms with Gasteiger partial charge >= 0.3 is 0 Å². The van der Waals surface area contributed by atoms with Crippen molar-refractivity contribution in [2.75, 3.05) is 0 Å². The van der Waals surface area contributed by atoms with Crippen LogP contribution in [0.5, 0.6) is 0 Å². The van der Waals surface area contributed by atoms with Crippen molar-refractivity contribution in [3.05, 3.63) is 11.3 Å². The molecule has 21 heavy (non-hydrogen) atoms. The minimum Gasteiger partial charge on any atom is -0.414 e. The van der Waals surface area contributed by atoms with Crippen LogP contribution in [0.2, 0.25) is 31.2 Å². The lowest BCUT2D eigenvalue weighted by Gasteiger charge is -2.49. The van der Waals surface area contributed by atoms with E-state index in [1.165, 1.54) is 25.7 Å². The van der Waals surface area contributed by atoms with Crippen molar-refractivity contribution in [2.24, 2.45) is 11.3 Å². The highest BCUT2D eigenvalue weighted by atomic mass is 28.4. The van der Waals surface area contributed by atoms with Crippen LogP contribution in [0.3, 0.4) is 0 Å². The lowest BCUT2D eigenvalue weighted by Crippen LogP contribution is -2.50. The quantitative estimate of drug-likeness (QED) is 0.619. The Morgan fingerprint density at radius 2 is 1.90 bits per heavy atom. The van der Waals surface area contributed by atoms with E-state index in [9.17, 15) is 0 Å². The molecule has 0 aromatic heterocycles. The molecular weight excluding hydrogens is 288 g/mol. The average molecular weight is 325 g/mol. The summed E-state index contributed by atoms with van der Waals surface area (Å²) in [4.78, 5) is 0. The molecule has 0 saturated heterocycles. The number of allylic oxidation sites excluding steroid dienone is 2. The van der Waals surface area contributed by atoms with Gasteiger partial charge in [0.05, 0.1) is 8.80 Å². The zero-order valence-electron chi connectivity index (χ0n) is 15.5. The zero-order chi connectivity index (χ0) is 16.1. The Hall–Kier alpha value is 0.134. The van der Waals surface area contributed by atoms with E-state index in [1.54, 1.807) is 0 Å². The molecule has 122 valence electrons. The number of fused-ring (bicyclic) bond motifs is 1. The second-order valence-corrected chi connectivity index (χ2v) is 17.1. The third kappa shape index (κ3) is 3.11. The molecule has 0 radical (unpaired) electrons. The van der Waals surface area contributed by atoms with Gasteiger partial charge in [-0.1, -0.05) is 58.5 Å². The fourth-order valence-corrected chi connectivity index (χ4v) is 7.99. The highest BCUT2D eigenvalue weighted by molar-refractivity contribution is 6.74. The smallest absolute Gasteiger partial charge is 0.192 e. The van der Waals surface area contributed by atoms with Gasteiger partial charge in [0, 0.05) is 6.10 Å². The fraction of sp³-hybridized carbons (Fsp3) is 0.889. The maximum Gasteiger partial charge on any atom is 0.192 e. The highest BCUT2D eigenvalue weighted by Crippen LogP contribution is 2.55. The lowest BCUT2D eigenvalue weighted by atomic mass is 9.68. The minimum absolute atomic E-state index is 0.322. The highest BCUT2D eigenvalue weighted by Gasteiger charge is 2.50. The number of hydrogen-bond acceptors (Lipinski definition) is 1. The van der Waals surface area contributed by atoms with Gasteiger partial charge in [-0.3, -0.25) is 0 Å². The van der Waals surface area contributed by atoms with E-state index in [0.29, 0.717) is 16.6 Å². The van der Waals surface area contributed by atoms with Gasteiger partial charge in [0.1, 0.15) is 0 Å². The first-order chi connectivity index (χ1) is 9.49. The van der Waals surface area contributed by atoms with Crippen molar-refractivity contribution in [3.63, 3.8) is 0 Å². The summed E-state index contributed by atoms with van der Waals surface area (Å²) >= 11 is 0. The topological polar surface area (TPSA) is 9.23 Å². The van der Waals surface area contributed by atoms with E-state index in [1.807, 2.05) is 5.20 Å². The zero-order valence-corrected chi connectivity index (χ0v) is 17.7. The molecule has 2 rings (SSSR count). The van der Waals surface area contributed by atoms with Crippen molar-refractivity contribution in [3.8, 4) is 0 Å². The van der Waals surface area contributed by atoms with Crippen molar-refractivity contribution >= 4 is 17.1 Å². The van der Waals surface area contributed by atoms with Crippen LogP contribution in [0.15, 0.2) is 11.3 Å². The minimum atomic E-state index is -1.65. The Morgan fingerprint density at radius 3 is 2.43 bits per heavy atom. The van der Waals surface area contributed by atoms with E-state index < -0.39 is 17.1 Å². The maximum atomic E-state index is 6.87. The summed E-state index contributed by atoms with van der Waals surface area (Å²) in [5.74, 6) is 0.755. The summed E-state index contributed by atoms with van der Waals surface area (Å²) in [6.07, 6.45) is 8.42. The maximum absolute atomic E-state index is 6.87. The molecule has 2 aliphatic rings. The average Bonchev–Trinajstić information content (AvgIpc) is 2.65. The monoisotopic (exact) mass is 324 g/mol. The van der Waals surface area contributed by atoms with Gasteiger partial charge in [-0.25, -0.2) is 0 Å². The van der Waals surface area contributed by atoms with Crippen LogP contribution in [-0.4, -0.2) is 23.2 Å². The molecular formula is C18H36OSi2. The molecule has 2 aliphatic carbocycles. The molecule has 0 aliphatic heterocycles. The van der Waals surface area contributed by atoms with Gasteiger partial charge in [0.15, 0.2) is 8.32 Å². The molecule has 0 spiro atoms. The number of rotatable bonds is 3. The third-order valence-corrected chi connectivity index (χ3v) is 13.2. The standard InChI is InChI=1S/C18H36OSi2/c1-17(2,3)21(7,8)19-15-10-9-13-18(4)14(15)11-12-16(18)20(5)6/h12,14-15,20H,9-11,13H2,1-8H3/t14-,15+,18+/m0/s1. The second kappa shape index (κ2) is 5.65. The number of hydrogen-bond donors (Lipinski definition) is 0. The van der Waals surface area contributed by atoms with Gasteiger partial charge in [-0.2, -0.15) is 0 Å². The third-order valence-electron chi connectivity index (χ3n) is 6.58. The van der Waals surface area contributed by atoms with E-state index in [2.05, 4.69) is 60.0 Å². The molecule has 0 aromatic rings. The molecule has 0 unspecified atom stereocenters. The molecule has 1 nitrogen and oxygen atoms in total. The summed E-state index contributed by atoms with van der Waals surface area (Å²) in [6, 6.07) is 0. The SMILES string of the molecule is C[SiH](C)C1=CC[C@H]2[C@H](O[Si](C)(C)C(C)(C)C)CCC[C@@]12C. The van der Waals surface area contributed by atoms with Crippen molar-refractivity contribution in [2.45, 2.75) is 90.7 Å². The Kier molecular flexibility index (Phi) is 4.70. The molecule has 1 saturated carbocycles. The first kappa shape index (κ1) is 17.5. The molecule has 0 N–H and O–H groups in total. The Morgan fingerprint density at radius 1 is 1.29 bits per heavy atom. The molecule has 3 heteroatoms. The van der Waals surface area contributed by atoms with Gasteiger partial charge in [0.2, 0.25) is 0 Å². The first-order valence-electron chi connectivity index (χ1n) is 8.87. The summed E-state index contributed by atoms with van der Waals surface area (Å²) < 4.78 is 6.87. The van der Waals surface area contributed by atoms with E-state index in [-0.39, 0.29) is 0 Å². The van der Waals surface area contributed by atoms with Crippen molar-refractivity contribution in [1.82, 2.24) is 0 Å². The molecule has 3 atom stereocenters. The first-order valence-corrected chi connectivity index (χ1v) is 14.7. The Bertz CT molecular complexity index is 419. The van der Waals surface area contributed by atoms with Gasteiger partial charge in [0.25, 0.3) is 0 Å². The molecule has 0 heterocycles. The van der Waals surface area contributed by atoms with Crippen LogP contribution < -0.4 is 0 Å². The largest absolute Gasteiger partial charge is 0.414 e. The normalized spacial score (nSPS) is 34.0. The van der Waals surface area contributed by atoms with Crippen LogP contribution in [0.1, 0.15) is 53.4 Å². The van der Waals surface area contributed by atoms with Crippen LogP contribution in [0.25, 0.3) is 0 Å². The summed E-state index contributed by atoms with van der Waals surface area (Å²) in [7, 11) is -2.33. The Labute approximate surface area is 135 Å². The van der Waals surface area contributed by atoms with Crippen LogP contribution >= 0.6 is 0 Å². The van der Waals surface area contributed by atoms with Crippen molar-refractivity contribution < 1.29 is 4.43 Å². The van der Waals surface area contributed by atoms with E-state index in [4.69, 9.17) is 4.43 Å². The van der Waals surface area contributed by atoms with Gasteiger partial charge < -0.3 is 4.43 Å². The van der Waals surface area contributed by atoms with Gasteiger partial charge in [-0.05, 0) is 48.7 Å². The molecule has 1 fully saturated rings. The Balaban J connectivity index is 2.18. The summed E-state index contributed by atoms with van der Waals surface area (Å²) in [5, 5.41) is 2.17. The summed E-state index contributed by atoms with van der Waals surface area (Å²) in [6.45, 7) is 19.5. The fourth-order valence-electron chi connectivity index (χ4n) is 4.32. The predicted octanol–water partition coefficient (Wildman–Crippen LogP) is 5.54. The molecule has 0 aromatic carbocycles. The van der Waals surface area contributed by atoms with Crippen LogP contribution in [0, 0.1) is 11.3 Å². The lowest BCUT2D eigenvalue weighted by molar-refractivity contribution is 0.0220. The second-order valence-electron chi connectivity index (χ2n) is 9.38. The van der Waals surface area contributed by atoms with Gasteiger partial charge in [-0.15, -0.1) is 0 Å².